The van der Waals surface area contributed by atoms with Gasteiger partial charge in [0.1, 0.15) is 5.82 Å². The second kappa shape index (κ2) is 9.35. The largest absolute Gasteiger partial charge is 0.367 e. The van der Waals surface area contributed by atoms with Crippen LogP contribution < -0.4 is 5.32 Å². The summed E-state index contributed by atoms with van der Waals surface area (Å²) < 4.78 is 2.71. The number of rotatable bonds is 5. The highest BCUT2D eigenvalue weighted by molar-refractivity contribution is 9.10. The first kappa shape index (κ1) is 21.6. The molecule has 2 aromatic heterocycles. The predicted octanol–water partition coefficient (Wildman–Crippen LogP) is 5.11. The van der Waals surface area contributed by atoms with Crippen LogP contribution in [0.15, 0.2) is 71.3 Å². The number of nitrogens with zero attached hydrogens (tertiary/aromatic N) is 4. The number of aryl methyl sites for hydroxylation is 1. The highest BCUT2D eigenvalue weighted by Gasteiger charge is 2.24. The Morgan fingerprint density at radius 3 is 2.58 bits per heavy atom. The number of fused-ring (bicyclic) bond motifs is 1. The molecule has 0 atom stereocenters. The van der Waals surface area contributed by atoms with Gasteiger partial charge in [0.05, 0.1) is 22.8 Å². The van der Waals surface area contributed by atoms with E-state index >= 15 is 0 Å². The molecular formula is C26H26BrN5O. The number of aromatic nitrogens is 3. The van der Waals surface area contributed by atoms with Crippen molar-refractivity contribution < 1.29 is 4.79 Å². The molecule has 7 heteroatoms. The van der Waals surface area contributed by atoms with Crippen LogP contribution in [0.2, 0.25) is 0 Å². The first-order chi connectivity index (χ1) is 16.1. The first-order valence-corrected chi connectivity index (χ1v) is 12.1. The van der Waals surface area contributed by atoms with Crippen LogP contribution in [0, 0.1) is 6.92 Å². The molecule has 0 unspecified atom stereocenters. The Morgan fingerprint density at radius 1 is 1.09 bits per heavy atom. The normalized spacial score (nSPS) is 14.5. The van der Waals surface area contributed by atoms with E-state index in [0.29, 0.717) is 6.42 Å². The lowest BCUT2D eigenvalue weighted by Gasteiger charge is -2.33. The van der Waals surface area contributed by atoms with Crippen molar-refractivity contribution in [1.82, 2.24) is 19.5 Å². The van der Waals surface area contributed by atoms with Gasteiger partial charge in [0.15, 0.2) is 5.65 Å². The smallest absolute Gasteiger partial charge is 0.226 e. The SMILES string of the molecule is Cc1ccccc1-c1cc(NC2CCN(C(=O)Cc3ccccc3)CC2)n2ncc(Br)c2n1. The molecule has 1 N–H and O–H groups in total. The molecule has 0 bridgehead atoms. The number of likely N-dealkylation sites (tertiary alicyclic amines) is 1. The van der Waals surface area contributed by atoms with E-state index in [1.165, 1.54) is 5.56 Å². The third-order valence-electron chi connectivity index (χ3n) is 6.25. The molecule has 0 aliphatic carbocycles. The lowest BCUT2D eigenvalue weighted by Crippen LogP contribution is -2.43. The molecule has 1 fully saturated rings. The maximum atomic E-state index is 12.7. The van der Waals surface area contributed by atoms with Gasteiger partial charge >= 0.3 is 0 Å². The number of carbonyl (C=O) groups is 1. The molecule has 1 amide bonds. The Kier molecular flexibility index (Phi) is 6.13. The number of carbonyl (C=O) groups excluding carboxylic acids is 1. The van der Waals surface area contributed by atoms with Crippen molar-refractivity contribution in [3.63, 3.8) is 0 Å². The van der Waals surface area contributed by atoms with Gasteiger partial charge < -0.3 is 10.2 Å². The molecule has 0 radical (unpaired) electrons. The Balaban J connectivity index is 1.32. The highest BCUT2D eigenvalue weighted by atomic mass is 79.9. The molecule has 4 aromatic rings. The topological polar surface area (TPSA) is 62.5 Å². The fraction of sp³-hybridized carbons (Fsp3) is 0.269. The molecule has 2 aromatic carbocycles. The van der Waals surface area contributed by atoms with Crippen molar-refractivity contribution in [3.8, 4) is 11.3 Å². The van der Waals surface area contributed by atoms with Crippen LogP contribution in [0.1, 0.15) is 24.0 Å². The van der Waals surface area contributed by atoms with E-state index in [4.69, 9.17) is 4.98 Å². The summed E-state index contributed by atoms with van der Waals surface area (Å²) in [5.74, 6) is 1.11. The Bertz CT molecular complexity index is 1280. The van der Waals surface area contributed by atoms with Gasteiger partial charge in [0, 0.05) is 30.8 Å². The van der Waals surface area contributed by atoms with Crippen LogP contribution in [0.4, 0.5) is 5.82 Å². The third-order valence-corrected chi connectivity index (χ3v) is 6.81. The molecule has 1 saturated heterocycles. The number of halogens is 1. The van der Waals surface area contributed by atoms with Gasteiger partial charge in [-0.3, -0.25) is 4.79 Å². The van der Waals surface area contributed by atoms with Gasteiger partial charge in [-0.25, -0.2) is 4.98 Å². The van der Waals surface area contributed by atoms with Crippen LogP contribution in [0.3, 0.4) is 0 Å². The quantitative estimate of drug-likeness (QED) is 0.410. The summed E-state index contributed by atoms with van der Waals surface area (Å²) in [6.07, 6.45) is 4.03. The molecule has 0 spiro atoms. The average molecular weight is 504 g/mol. The summed E-state index contributed by atoms with van der Waals surface area (Å²) in [6.45, 7) is 3.61. The maximum Gasteiger partial charge on any atom is 0.226 e. The summed E-state index contributed by atoms with van der Waals surface area (Å²) in [5.41, 5.74) is 5.06. The monoisotopic (exact) mass is 503 g/mol. The van der Waals surface area contributed by atoms with E-state index in [1.54, 1.807) is 6.20 Å². The van der Waals surface area contributed by atoms with Gasteiger partial charge in [-0.15, -0.1) is 0 Å². The zero-order valence-corrected chi connectivity index (χ0v) is 20.1. The van der Waals surface area contributed by atoms with Crippen molar-refractivity contribution in [3.05, 3.63) is 82.5 Å². The highest BCUT2D eigenvalue weighted by Crippen LogP contribution is 2.29. The number of anilines is 1. The summed E-state index contributed by atoms with van der Waals surface area (Å²) >= 11 is 3.58. The van der Waals surface area contributed by atoms with E-state index in [1.807, 2.05) is 51.9 Å². The van der Waals surface area contributed by atoms with E-state index < -0.39 is 0 Å². The number of nitrogens with one attached hydrogen (secondary N) is 1. The second-order valence-electron chi connectivity index (χ2n) is 8.53. The van der Waals surface area contributed by atoms with Crippen LogP contribution in [0.25, 0.3) is 16.9 Å². The maximum absolute atomic E-state index is 12.7. The molecule has 6 nitrogen and oxygen atoms in total. The second-order valence-corrected chi connectivity index (χ2v) is 9.39. The third kappa shape index (κ3) is 4.64. The summed E-state index contributed by atoms with van der Waals surface area (Å²) in [6, 6.07) is 20.6. The molecule has 33 heavy (non-hydrogen) atoms. The number of piperidine rings is 1. The molecule has 1 aliphatic heterocycles. The van der Waals surface area contributed by atoms with Crippen molar-refractivity contribution in [2.45, 2.75) is 32.2 Å². The lowest BCUT2D eigenvalue weighted by molar-refractivity contribution is -0.131. The minimum Gasteiger partial charge on any atom is -0.367 e. The molecule has 3 heterocycles. The zero-order chi connectivity index (χ0) is 22.8. The van der Waals surface area contributed by atoms with E-state index in [9.17, 15) is 4.79 Å². The van der Waals surface area contributed by atoms with E-state index in [-0.39, 0.29) is 11.9 Å². The summed E-state index contributed by atoms with van der Waals surface area (Å²) in [7, 11) is 0. The van der Waals surface area contributed by atoms with Gasteiger partial charge in [0.2, 0.25) is 5.91 Å². The Labute approximate surface area is 201 Å². The number of amides is 1. The number of benzene rings is 2. The van der Waals surface area contributed by atoms with Gasteiger partial charge in [0.25, 0.3) is 0 Å². The fourth-order valence-electron chi connectivity index (χ4n) is 4.40. The molecule has 5 rings (SSSR count). The number of hydrogen-bond donors (Lipinski definition) is 1. The fourth-order valence-corrected chi connectivity index (χ4v) is 4.75. The average Bonchev–Trinajstić information content (AvgIpc) is 3.21. The molecular weight excluding hydrogens is 478 g/mol. The van der Waals surface area contributed by atoms with Crippen molar-refractivity contribution >= 4 is 33.3 Å². The molecule has 168 valence electrons. The minimum atomic E-state index is 0.198. The van der Waals surface area contributed by atoms with Gasteiger partial charge in [-0.1, -0.05) is 54.6 Å². The van der Waals surface area contributed by atoms with Crippen LogP contribution in [-0.2, 0) is 11.2 Å². The number of hydrogen-bond acceptors (Lipinski definition) is 4. The summed E-state index contributed by atoms with van der Waals surface area (Å²) in [5, 5.41) is 8.19. The summed E-state index contributed by atoms with van der Waals surface area (Å²) in [4.78, 5) is 19.6. The predicted molar refractivity (Wildman–Crippen MR) is 134 cm³/mol. The zero-order valence-electron chi connectivity index (χ0n) is 18.5. The Morgan fingerprint density at radius 2 is 1.82 bits per heavy atom. The van der Waals surface area contributed by atoms with E-state index in [2.05, 4.69) is 51.5 Å². The first-order valence-electron chi connectivity index (χ1n) is 11.3. The standard InChI is InChI=1S/C26H26BrN5O/c1-18-7-5-6-10-21(18)23-16-24(32-26(30-23)22(27)17-28-32)29-20-11-13-31(14-12-20)25(33)15-19-8-3-2-4-9-19/h2-10,16-17,20,29H,11-15H2,1H3. The molecule has 0 saturated carbocycles. The molecule has 1 aliphatic rings. The van der Waals surface area contributed by atoms with Gasteiger partial charge in [-0.2, -0.15) is 9.61 Å². The van der Waals surface area contributed by atoms with Crippen LogP contribution in [0.5, 0.6) is 0 Å². The lowest BCUT2D eigenvalue weighted by atomic mass is 10.0. The van der Waals surface area contributed by atoms with Crippen molar-refractivity contribution in [1.29, 1.82) is 0 Å². The van der Waals surface area contributed by atoms with Gasteiger partial charge in [-0.05, 0) is 46.8 Å². The van der Waals surface area contributed by atoms with Crippen LogP contribution >= 0.6 is 15.9 Å². The van der Waals surface area contributed by atoms with E-state index in [0.717, 1.165) is 58.7 Å². The minimum absolute atomic E-state index is 0.198. The van der Waals surface area contributed by atoms with Crippen LogP contribution in [-0.4, -0.2) is 44.5 Å². The Hall–Kier alpha value is -3.19. The van der Waals surface area contributed by atoms with Crippen molar-refractivity contribution in [2.24, 2.45) is 0 Å². The van der Waals surface area contributed by atoms with Crippen molar-refractivity contribution in [2.75, 3.05) is 18.4 Å².